The van der Waals surface area contributed by atoms with Gasteiger partial charge in [0.05, 0.1) is 6.20 Å². The predicted molar refractivity (Wildman–Crippen MR) is 81.8 cm³/mol. The molecule has 106 valence electrons. The zero-order valence-electron chi connectivity index (χ0n) is 12.4. The van der Waals surface area contributed by atoms with Crippen LogP contribution >= 0.6 is 0 Å². The Bertz CT molecular complexity index is 548. The summed E-state index contributed by atoms with van der Waals surface area (Å²) in [5.41, 5.74) is 4.42. The van der Waals surface area contributed by atoms with Gasteiger partial charge in [-0.15, -0.1) is 0 Å². The van der Waals surface area contributed by atoms with Gasteiger partial charge in [-0.1, -0.05) is 24.3 Å². The fraction of sp³-hybridized carbons (Fsp3) is 0.471. The van der Waals surface area contributed by atoms with E-state index in [2.05, 4.69) is 47.5 Å². The molecular weight excluding hydrogens is 246 g/mol. The molecule has 0 aliphatic heterocycles. The number of likely N-dealkylation sites (N-methyl/N-ethyl adjacent to an activating group) is 1. The van der Waals surface area contributed by atoms with Crippen LogP contribution in [-0.2, 0) is 26.3 Å². The number of hydrogen-bond donors (Lipinski definition) is 0. The van der Waals surface area contributed by atoms with Crippen LogP contribution in [0.1, 0.15) is 23.1 Å². The Kier molecular flexibility index (Phi) is 3.88. The lowest BCUT2D eigenvalue weighted by atomic mass is 10.1. The summed E-state index contributed by atoms with van der Waals surface area (Å²) in [6.45, 7) is 1.16. The van der Waals surface area contributed by atoms with Crippen molar-refractivity contribution in [3.8, 4) is 0 Å². The lowest BCUT2D eigenvalue weighted by Gasteiger charge is -2.23. The van der Waals surface area contributed by atoms with Crippen molar-refractivity contribution >= 4 is 0 Å². The van der Waals surface area contributed by atoms with Gasteiger partial charge in [-0.25, -0.2) is 0 Å². The van der Waals surface area contributed by atoms with Crippen molar-refractivity contribution in [1.29, 1.82) is 0 Å². The predicted octanol–water partition coefficient (Wildman–Crippen LogP) is 2.45. The third-order valence-corrected chi connectivity index (χ3v) is 4.39. The molecule has 20 heavy (non-hydrogen) atoms. The molecule has 3 nitrogen and oxygen atoms in total. The van der Waals surface area contributed by atoms with E-state index in [1.807, 2.05) is 17.9 Å². The SMILES string of the molecule is CN(CCCc1cnn(C)c1)C1Cc2ccccc2C1. The van der Waals surface area contributed by atoms with Crippen LogP contribution in [0, 0.1) is 0 Å². The van der Waals surface area contributed by atoms with E-state index in [0.717, 1.165) is 13.0 Å². The van der Waals surface area contributed by atoms with E-state index < -0.39 is 0 Å². The smallest absolute Gasteiger partial charge is 0.0521 e. The van der Waals surface area contributed by atoms with Crippen LogP contribution in [0.4, 0.5) is 0 Å². The molecule has 3 rings (SSSR count). The summed E-state index contributed by atoms with van der Waals surface area (Å²) in [7, 11) is 4.24. The Morgan fingerprint density at radius 2 is 1.95 bits per heavy atom. The molecule has 0 unspecified atom stereocenters. The minimum atomic E-state index is 0.682. The first-order valence-corrected chi connectivity index (χ1v) is 7.47. The van der Waals surface area contributed by atoms with Gasteiger partial charge < -0.3 is 4.90 Å². The van der Waals surface area contributed by atoms with Gasteiger partial charge in [-0.2, -0.15) is 5.10 Å². The molecule has 0 fully saturated rings. The molecule has 0 atom stereocenters. The summed E-state index contributed by atoms with van der Waals surface area (Å²) in [5.74, 6) is 0. The molecular formula is C17H23N3. The van der Waals surface area contributed by atoms with E-state index in [1.54, 1.807) is 0 Å². The first-order chi connectivity index (χ1) is 9.72. The van der Waals surface area contributed by atoms with Gasteiger partial charge in [0.2, 0.25) is 0 Å². The number of benzene rings is 1. The van der Waals surface area contributed by atoms with Crippen LogP contribution < -0.4 is 0 Å². The van der Waals surface area contributed by atoms with Gasteiger partial charge in [0.15, 0.2) is 0 Å². The second-order valence-electron chi connectivity index (χ2n) is 5.94. The van der Waals surface area contributed by atoms with E-state index in [1.165, 1.54) is 36.0 Å². The second-order valence-corrected chi connectivity index (χ2v) is 5.94. The van der Waals surface area contributed by atoms with E-state index in [-0.39, 0.29) is 0 Å². The quantitative estimate of drug-likeness (QED) is 0.831. The topological polar surface area (TPSA) is 21.1 Å². The van der Waals surface area contributed by atoms with E-state index in [0.29, 0.717) is 6.04 Å². The highest BCUT2D eigenvalue weighted by Gasteiger charge is 2.23. The fourth-order valence-electron chi connectivity index (χ4n) is 3.16. The van der Waals surface area contributed by atoms with Crippen molar-refractivity contribution in [3.63, 3.8) is 0 Å². The van der Waals surface area contributed by atoms with Gasteiger partial charge in [0.1, 0.15) is 0 Å². The molecule has 1 aliphatic rings. The molecule has 1 aromatic carbocycles. The van der Waals surface area contributed by atoms with Crippen LogP contribution in [-0.4, -0.2) is 34.3 Å². The molecule has 0 spiro atoms. The van der Waals surface area contributed by atoms with E-state index in [4.69, 9.17) is 0 Å². The summed E-state index contributed by atoms with van der Waals surface area (Å²) in [6, 6.07) is 9.55. The molecule has 3 heteroatoms. The average molecular weight is 269 g/mol. The van der Waals surface area contributed by atoms with Crippen LogP contribution in [0.2, 0.25) is 0 Å². The van der Waals surface area contributed by atoms with Gasteiger partial charge in [-0.3, -0.25) is 4.68 Å². The lowest BCUT2D eigenvalue weighted by Crippen LogP contribution is -2.33. The number of aromatic nitrogens is 2. The Morgan fingerprint density at radius 3 is 2.55 bits per heavy atom. The normalized spacial score (nSPS) is 14.9. The van der Waals surface area contributed by atoms with Crippen LogP contribution in [0.5, 0.6) is 0 Å². The summed E-state index contributed by atoms with van der Waals surface area (Å²) < 4.78 is 1.88. The summed E-state index contributed by atoms with van der Waals surface area (Å²) >= 11 is 0. The summed E-state index contributed by atoms with van der Waals surface area (Å²) in [6.07, 6.45) is 8.84. The largest absolute Gasteiger partial charge is 0.303 e. The molecule has 2 aromatic rings. The molecule has 0 saturated heterocycles. The van der Waals surface area contributed by atoms with Crippen LogP contribution in [0.15, 0.2) is 36.7 Å². The Balaban J connectivity index is 1.47. The fourth-order valence-corrected chi connectivity index (χ4v) is 3.16. The minimum absolute atomic E-state index is 0.682. The number of nitrogens with zero attached hydrogens (tertiary/aromatic N) is 3. The maximum absolute atomic E-state index is 4.22. The standard InChI is InChI=1S/C17H23N3/c1-19(9-5-6-14-12-18-20(2)13-14)17-10-15-7-3-4-8-16(15)11-17/h3-4,7-8,12-13,17H,5-6,9-11H2,1-2H3. The Hall–Kier alpha value is -1.61. The maximum Gasteiger partial charge on any atom is 0.0521 e. The van der Waals surface area contributed by atoms with Crippen molar-refractivity contribution < 1.29 is 0 Å². The Morgan fingerprint density at radius 1 is 1.25 bits per heavy atom. The van der Waals surface area contributed by atoms with Crippen molar-refractivity contribution in [2.45, 2.75) is 31.7 Å². The molecule has 0 amide bonds. The lowest BCUT2D eigenvalue weighted by molar-refractivity contribution is 0.246. The van der Waals surface area contributed by atoms with Crippen LogP contribution in [0.3, 0.4) is 0 Å². The molecule has 1 aromatic heterocycles. The van der Waals surface area contributed by atoms with Crippen molar-refractivity contribution in [2.75, 3.05) is 13.6 Å². The highest BCUT2D eigenvalue weighted by Crippen LogP contribution is 2.24. The highest BCUT2D eigenvalue weighted by molar-refractivity contribution is 5.33. The third kappa shape index (κ3) is 2.93. The van der Waals surface area contributed by atoms with E-state index in [9.17, 15) is 0 Å². The molecule has 1 aliphatic carbocycles. The van der Waals surface area contributed by atoms with Gasteiger partial charge in [0.25, 0.3) is 0 Å². The van der Waals surface area contributed by atoms with Gasteiger partial charge in [0, 0.05) is 19.3 Å². The molecule has 0 N–H and O–H groups in total. The number of rotatable bonds is 5. The van der Waals surface area contributed by atoms with Crippen molar-refractivity contribution in [1.82, 2.24) is 14.7 Å². The summed E-state index contributed by atoms with van der Waals surface area (Å²) in [4.78, 5) is 2.52. The number of aryl methyl sites for hydroxylation is 2. The first kappa shape index (κ1) is 13.4. The molecule has 0 radical (unpaired) electrons. The van der Waals surface area contributed by atoms with Gasteiger partial charge in [-0.05, 0) is 56.0 Å². The minimum Gasteiger partial charge on any atom is -0.303 e. The highest BCUT2D eigenvalue weighted by atomic mass is 15.2. The molecule has 1 heterocycles. The van der Waals surface area contributed by atoms with Crippen LogP contribution in [0.25, 0.3) is 0 Å². The zero-order chi connectivity index (χ0) is 13.9. The van der Waals surface area contributed by atoms with Crippen molar-refractivity contribution in [3.05, 3.63) is 53.3 Å². The van der Waals surface area contributed by atoms with E-state index >= 15 is 0 Å². The second kappa shape index (κ2) is 5.80. The zero-order valence-corrected chi connectivity index (χ0v) is 12.4. The summed E-state index contributed by atoms with van der Waals surface area (Å²) in [5, 5.41) is 4.22. The van der Waals surface area contributed by atoms with Gasteiger partial charge >= 0.3 is 0 Å². The maximum atomic E-state index is 4.22. The Labute approximate surface area is 121 Å². The third-order valence-electron chi connectivity index (χ3n) is 4.39. The number of hydrogen-bond acceptors (Lipinski definition) is 2. The average Bonchev–Trinajstić information content (AvgIpc) is 3.04. The molecule has 0 bridgehead atoms. The monoisotopic (exact) mass is 269 g/mol. The first-order valence-electron chi connectivity index (χ1n) is 7.47. The van der Waals surface area contributed by atoms with Crippen molar-refractivity contribution in [2.24, 2.45) is 7.05 Å². The number of fused-ring (bicyclic) bond motifs is 1. The molecule has 0 saturated carbocycles.